The monoisotopic (exact) mass is 284 g/mol. The van der Waals surface area contributed by atoms with Gasteiger partial charge in [0.1, 0.15) is 0 Å². The van der Waals surface area contributed by atoms with Crippen LogP contribution in [0.5, 0.6) is 0 Å². The van der Waals surface area contributed by atoms with E-state index in [4.69, 9.17) is 0 Å². The third-order valence-electron chi connectivity index (χ3n) is 2.91. The minimum absolute atomic E-state index is 0.409. The van der Waals surface area contributed by atoms with Crippen LogP contribution in [0.2, 0.25) is 0 Å². The van der Waals surface area contributed by atoms with Gasteiger partial charge < -0.3 is 15.3 Å². The first-order chi connectivity index (χ1) is 7.68. The van der Waals surface area contributed by atoms with Crippen molar-refractivity contribution in [2.75, 3.05) is 31.1 Å². The van der Waals surface area contributed by atoms with Gasteiger partial charge in [0.05, 0.1) is 11.8 Å². The van der Waals surface area contributed by atoms with Gasteiger partial charge in [-0.25, -0.2) is 0 Å². The third-order valence-corrected chi connectivity index (χ3v) is 3.55. The van der Waals surface area contributed by atoms with Crippen LogP contribution in [-0.4, -0.2) is 31.3 Å². The zero-order chi connectivity index (χ0) is 11.5. The summed E-state index contributed by atoms with van der Waals surface area (Å²) in [5, 5.41) is 12.8. The lowest BCUT2D eigenvalue weighted by Crippen LogP contribution is -2.43. The number of nitrogens with zero attached hydrogens (tertiary/aromatic N) is 1. The molecule has 0 amide bonds. The standard InChI is InChI=1S/C12H17BrN2O/c1-9(16)10-2-3-12(11(13)8-10)15-6-4-14-5-7-15/h2-3,8-9,14,16H,4-7H2,1H3/t9-/m0/s1. The Labute approximate surface area is 105 Å². The molecule has 3 nitrogen and oxygen atoms in total. The van der Waals surface area contributed by atoms with Gasteiger partial charge >= 0.3 is 0 Å². The van der Waals surface area contributed by atoms with Gasteiger partial charge in [0.2, 0.25) is 0 Å². The summed E-state index contributed by atoms with van der Waals surface area (Å²) in [5.74, 6) is 0. The van der Waals surface area contributed by atoms with E-state index in [1.54, 1.807) is 6.92 Å². The van der Waals surface area contributed by atoms with Gasteiger partial charge in [0, 0.05) is 30.7 Å². The van der Waals surface area contributed by atoms with Crippen LogP contribution < -0.4 is 10.2 Å². The molecule has 1 aliphatic rings. The van der Waals surface area contributed by atoms with Gasteiger partial charge in [-0.05, 0) is 40.5 Å². The first kappa shape index (κ1) is 11.9. The fourth-order valence-electron chi connectivity index (χ4n) is 1.95. The highest BCUT2D eigenvalue weighted by Crippen LogP contribution is 2.29. The van der Waals surface area contributed by atoms with Crippen LogP contribution >= 0.6 is 15.9 Å². The minimum atomic E-state index is -0.409. The SMILES string of the molecule is C[C@H](O)c1ccc(N2CCNCC2)c(Br)c1. The molecule has 2 rings (SSSR count). The predicted molar refractivity (Wildman–Crippen MR) is 69.9 cm³/mol. The molecule has 1 saturated heterocycles. The number of aliphatic hydroxyl groups excluding tert-OH is 1. The van der Waals surface area contributed by atoms with Crippen LogP contribution in [0.3, 0.4) is 0 Å². The number of hydrogen-bond donors (Lipinski definition) is 2. The Morgan fingerprint density at radius 3 is 2.62 bits per heavy atom. The molecule has 1 aromatic carbocycles. The second-order valence-corrected chi connectivity index (χ2v) is 4.98. The fraction of sp³-hybridized carbons (Fsp3) is 0.500. The van der Waals surface area contributed by atoms with E-state index in [-0.39, 0.29) is 0 Å². The Bertz CT molecular complexity index is 362. The fourth-order valence-corrected chi connectivity index (χ4v) is 2.59. The van der Waals surface area contributed by atoms with E-state index in [1.807, 2.05) is 12.1 Å². The van der Waals surface area contributed by atoms with Crippen molar-refractivity contribution in [2.45, 2.75) is 13.0 Å². The van der Waals surface area contributed by atoms with Gasteiger partial charge in [0.25, 0.3) is 0 Å². The van der Waals surface area contributed by atoms with Crippen molar-refractivity contribution in [3.05, 3.63) is 28.2 Å². The zero-order valence-corrected chi connectivity index (χ0v) is 11.0. The molecule has 16 heavy (non-hydrogen) atoms. The van der Waals surface area contributed by atoms with Gasteiger partial charge in [-0.3, -0.25) is 0 Å². The summed E-state index contributed by atoms with van der Waals surface area (Å²) in [6, 6.07) is 6.08. The summed E-state index contributed by atoms with van der Waals surface area (Å²) >= 11 is 3.58. The molecule has 0 unspecified atom stereocenters. The third kappa shape index (κ3) is 2.56. The van der Waals surface area contributed by atoms with Crippen LogP contribution in [0.1, 0.15) is 18.6 Å². The first-order valence-corrected chi connectivity index (χ1v) is 6.41. The first-order valence-electron chi connectivity index (χ1n) is 5.61. The lowest BCUT2D eigenvalue weighted by Gasteiger charge is -2.30. The Morgan fingerprint density at radius 2 is 2.06 bits per heavy atom. The van der Waals surface area contributed by atoms with E-state index in [9.17, 15) is 5.11 Å². The number of piperazine rings is 1. The van der Waals surface area contributed by atoms with Crippen LogP contribution in [0.25, 0.3) is 0 Å². The van der Waals surface area contributed by atoms with Crippen molar-refractivity contribution in [3.8, 4) is 0 Å². The predicted octanol–water partition coefficient (Wildman–Crippen LogP) is 1.91. The molecule has 0 spiro atoms. The molecule has 2 N–H and O–H groups in total. The molecule has 0 aliphatic carbocycles. The normalized spacial score (nSPS) is 18.6. The summed E-state index contributed by atoms with van der Waals surface area (Å²) in [7, 11) is 0. The quantitative estimate of drug-likeness (QED) is 0.871. The molecule has 0 radical (unpaired) electrons. The Hall–Kier alpha value is -0.580. The summed E-state index contributed by atoms with van der Waals surface area (Å²) in [5.41, 5.74) is 2.16. The van der Waals surface area contributed by atoms with E-state index in [0.717, 1.165) is 36.2 Å². The zero-order valence-electron chi connectivity index (χ0n) is 9.41. The number of hydrogen-bond acceptors (Lipinski definition) is 3. The Kier molecular flexibility index (Phi) is 3.84. The summed E-state index contributed by atoms with van der Waals surface area (Å²) in [4.78, 5) is 2.35. The number of benzene rings is 1. The highest BCUT2D eigenvalue weighted by molar-refractivity contribution is 9.10. The molecule has 1 fully saturated rings. The molecule has 0 bridgehead atoms. The van der Waals surface area contributed by atoms with Crippen LogP contribution in [0, 0.1) is 0 Å². The van der Waals surface area contributed by atoms with Crippen molar-refractivity contribution >= 4 is 21.6 Å². The maximum Gasteiger partial charge on any atom is 0.0762 e. The van der Waals surface area contributed by atoms with Gasteiger partial charge in [-0.15, -0.1) is 0 Å². The van der Waals surface area contributed by atoms with Crippen molar-refractivity contribution in [3.63, 3.8) is 0 Å². The molecule has 1 atom stereocenters. The van der Waals surface area contributed by atoms with Gasteiger partial charge in [-0.1, -0.05) is 6.07 Å². The summed E-state index contributed by atoms with van der Waals surface area (Å²) in [6.07, 6.45) is -0.409. The average Bonchev–Trinajstić information content (AvgIpc) is 2.30. The highest BCUT2D eigenvalue weighted by Gasteiger charge is 2.14. The number of rotatable bonds is 2. The molecule has 4 heteroatoms. The molecule has 88 valence electrons. The van der Waals surface area contributed by atoms with Gasteiger partial charge in [0.15, 0.2) is 0 Å². The van der Waals surface area contributed by atoms with Crippen LogP contribution in [0.4, 0.5) is 5.69 Å². The summed E-state index contributed by atoms with van der Waals surface area (Å²) < 4.78 is 1.06. The number of nitrogens with one attached hydrogen (secondary N) is 1. The molecule has 0 aromatic heterocycles. The number of aliphatic hydroxyl groups is 1. The van der Waals surface area contributed by atoms with Crippen LogP contribution in [0.15, 0.2) is 22.7 Å². The van der Waals surface area contributed by atoms with Crippen molar-refractivity contribution in [1.29, 1.82) is 0 Å². The molecular weight excluding hydrogens is 268 g/mol. The van der Waals surface area contributed by atoms with E-state index in [1.165, 1.54) is 5.69 Å². The van der Waals surface area contributed by atoms with Crippen molar-refractivity contribution < 1.29 is 5.11 Å². The number of halogens is 1. The Balaban J connectivity index is 2.21. The smallest absolute Gasteiger partial charge is 0.0762 e. The number of anilines is 1. The second kappa shape index (κ2) is 5.17. The second-order valence-electron chi connectivity index (χ2n) is 4.12. The van der Waals surface area contributed by atoms with Crippen LogP contribution in [-0.2, 0) is 0 Å². The molecule has 1 aromatic rings. The molecular formula is C12H17BrN2O. The van der Waals surface area contributed by atoms with Gasteiger partial charge in [-0.2, -0.15) is 0 Å². The lowest BCUT2D eigenvalue weighted by atomic mass is 10.1. The maximum atomic E-state index is 9.50. The van der Waals surface area contributed by atoms with E-state index in [2.05, 4.69) is 32.2 Å². The molecule has 1 heterocycles. The highest BCUT2D eigenvalue weighted by atomic mass is 79.9. The largest absolute Gasteiger partial charge is 0.389 e. The lowest BCUT2D eigenvalue weighted by molar-refractivity contribution is 0.199. The van der Waals surface area contributed by atoms with E-state index < -0.39 is 6.10 Å². The topological polar surface area (TPSA) is 35.5 Å². The van der Waals surface area contributed by atoms with E-state index >= 15 is 0 Å². The van der Waals surface area contributed by atoms with Crippen molar-refractivity contribution in [1.82, 2.24) is 5.32 Å². The average molecular weight is 285 g/mol. The van der Waals surface area contributed by atoms with E-state index in [0.29, 0.717) is 0 Å². The Morgan fingerprint density at radius 1 is 1.38 bits per heavy atom. The minimum Gasteiger partial charge on any atom is -0.389 e. The maximum absolute atomic E-state index is 9.50. The molecule has 0 saturated carbocycles. The van der Waals surface area contributed by atoms with Crippen molar-refractivity contribution in [2.24, 2.45) is 0 Å². The molecule has 1 aliphatic heterocycles. The summed E-state index contributed by atoms with van der Waals surface area (Å²) in [6.45, 7) is 5.92.